The zero-order valence-corrected chi connectivity index (χ0v) is 11.0. The largest absolute Gasteiger partial charge is 0.366 e. The summed E-state index contributed by atoms with van der Waals surface area (Å²) < 4.78 is 6.07. The van der Waals surface area contributed by atoms with E-state index >= 15 is 0 Å². The number of rotatable bonds is 1. The lowest BCUT2D eigenvalue weighted by Crippen LogP contribution is -2.46. The first-order chi connectivity index (χ1) is 7.43. The van der Waals surface area contributed by atoms with E-state index in [9.17, 15) is 0 Å². The molecule has 4 rings (SSSR count). The van der Waals surface area contributed by atoms with E-state index in [1.165, 1.54) is 25.7 Å². The summed E-state index contributed by atoms with van der Waals surface area (Å²) in [6.45, 7) is 9.88. The average molecular weight is 220 g/mol. The van der Waals surface area contributed by atoms with Crippen LogP contribution < -0.4 is 0 Å². The summed E-state index contributed by atoms with van der Waals surface area (Å²) in [6.07, 6.45) is 6.39. The first-order valence-corrected chi connectivity index (χ1v) is 7.11. The second-order valence-electron chi connectivity index (χ2n) is 7.76. The Hall–Kier alpha value is -0.0400. The zero-order valence-electron chi connectivity index (χ0n) is 11.0. The van der Waals surface area contributed by atoms with Crippen LogP contribution in [0.1, 0.15) is 53.4 Å². The van der Waals surface area contributed by atoms with Gasteiger partial charge >= 0.3 is 0 Å². The van der Waals surface area contributed by atoms with Crippen molar-refractivity contribution in [1.82, 2.24) is 0 Å². The molecule has 4 fully saturated rings. The molecular formula is C15H24O. The highest BCUT2D eigenvalue weighted by molar-refractivity contribution is 5.26. The van der Waals surface area contributed by atoms with Gasteiger partial charge in [0, 0.05) is 0 Å². The summed E-state index contributed by atoms with van der Waals surface area (Å²) in [4.78, 5) is 0. The van der Waals surface area contributed by atoms with Crippen molar-refractivity contribution in [2.45, 2.75) is 65.1 Å². The van der Waals surface area contributed by atoms with Gasteiger partial charge in [0.05, 0.1) is 11.7 Å². The van der Waals surface area contributed by atoms with E-state index in [1.54, 1.807) is 0 Å². The highest BCUT2D eigenvalue weighted by atomic mass is 16.6. The Morgan fingerprint density at radius 1 is 1.12 bits per heavy atom. The van der Waals surface area contributed by atoms with Gasteiger partial charge in [0.1, 0.15) is 0 Å². The van der Waals surface area contributed by atoms with E-state index in [1.807, 2.05) is 0 Å². The van der Waals surface area contributed by atoms with Gasteiger partial charge in [-0.3, -0.25) is 0 Å². The Kier molecular flexibility index (Phi) is 1.48. The minimum absolute atomic E-state index is 0.277. The van der Waals surface area contributed by atoms with Crippen LogP contribution in [-0.2, 0) is 4.74 Å². The first-order valence-electron chi connectivity index (χ1n) is 7.11. The first kappa shape index (κ1) is 9.94. The molecule has 0 spiro atoms. The van der Waals surface area contributed by atoms with Crippen LogP contribution in [0.3, 0.4) is 0 Å². The van der Waals surface area contributed by atoms with E-state index in [2.05, 4.69) is 27.7 Å². The molecule has 0 unspecified atom stereocenters. The maximum Gasteiger partial charge on any atom is 0.0954 e. The third-order valence-electron chi connectivity index (χ3n) is 7.13. The molecule has 0 aromatic carbocycles. The molecule has 0 radical (unpaired) electrons. The Bertz CT molecular complexity index is 362. The van der Waals surface area contributed by atoms with Crippen LogP contribution in [0.2, 0.25) is 0 Å². The molecule has 4 bridgehead atoms. The maximum absolute atomic E-state index is 6.07. The van der Waals surface area contributed by atoms with Crippen molar-refractivity contribution in [1.29, 1.82) is 0 Å². The summed E-state index contributed by atoms with van der Waals surface area (Å²) in [5, 5.41) is 0. The number of hydrogen-bond donors (Lipinski definition) is 0. The molecule has 0 amide bonds. The predicted molar refractivity (Wildman–Crippen MR) is 64.1 cm³/mol. The summed E-state index contributed by atoms with van der Waals surface area (Å²) in [5.41, 5.74) is 1.57. The number of epoxide rings is 1. The lowest BCUT2D eigenvalue weighted by molar-refractivity contribution is 0.0177. The van der Waals surface area contributed by atoms with Gasteiger partial charge in [0.25, 0.3) is 0 Å². The lowest BCUT2D eigenvalue weighted by Gasteiger charge is -2.46. The second kappa shape index (κ2) is 2.39. The Balaban J connectivity index is 1.87. The van der Waals surface area contributed by atoms with Crippen LogP contribution in [0.5, 0.6) is 0 Å². The number of fused-ring (bicyclic) bond motifs is 2. The summed E-state index contributed by atoms with van der Waals surface area (Å²) in [5.74, 6) is 2.67. The summed E-state index contributed by atoms with van der Waals surface area (Å²) >= 11 is 0. The molecule has 3 aliphatic carbocycles. The molecule has 4 aliphatic rings. The minimum atomic E-state index is 0.277. The van der Waals surface area contributed by atoms with Crippen LogP contribution in [0.4, 0.5) is 0 Å². The molecule has 3 saturated carbocycles. The van der Waals surface area contributed by atoms with E-state index in [0.29, 0.717) is 16.9 Å². The van der Waals surface area contributed by atoms with Gasteiger partial charge in [-0.15, -0.1) is 0 Å². The molecule has 6 atom stereocenters. The normalized spacial score (nSPS) is 66.2. The average Bonchev–Trinajstić information content (AvgIpc) is 2.73. The molecule has 1 heteroatoms. The third kappa shape index (κ3) is 0.776. The number of hydrogen-bond acceptors (Lipinski definition) is 1. The van der Waals surface area contributed by atoms with E-state index < -0.39 is 0 Å². The van der Waals surface area contributed by atoms with Crippen molar-refractivity contribution in [2.75, 3.05) is 0 Å². The topological polar surface area (TPSA) is 12.5 Å². The Morgan fingerprint density at radius 3 is 2.56 bits per heavy atom. The fraction of sp³-hybridized carbons (Fsp3) is 1.00. The Morgan fingerprint density at radius 2 is 1.88 bits per heavy atom. The SMILES string of the molecule is CC(C)[C@]12CC[C@@]3(C)C[C@H]1[C@@]1(C)O[C@@H]1C[C@@H]32. The zero-order chi connectivity index (χ0) is 11.3. The molecule has 0 aromatic heterocycles. The molecule has 0 N–H and O–H groups in total. The van der Waals surface area contributed by atoms with Gasteiger partial charge in [-0.25, -0.2) is 0 Å². The third-order valence-corrected chi connectivity index (χ3v) is 7.13. The van der Waals surface area contributed by atoms with Gasteiger partial charge in [-0.1, -0.05) is 20.8 Å². The minimum Gasteiger partial charge on any atom is -0.366 e. The van der Waals surface area contributed by atoms with Crippen molar-refractivity contribution < 1.29 is 4.74 Å². The lowest BCUT2D eigenvalue weighted by atomic mass is 9.56. The van der Waals surface area contributed by atoms with Gasteiger partial charge in [-0.2, -0.15) is 0 Å². The highest BCUT2D eigenvalue weighted by Crippen LogP contribution is 2.79. The second-order valence-corrected chi connectivity index (χ2v) is 7.76. The molecule has 0 aromatic rings. The number of ether oxygens (including phenoxy) is 1. The summed E-state index contributed by atoms with van der Waals surface area (Å²) in [7, 11) is 0. The van der Waals surface area contributed by atoms with Crippen LogP contribution >= 0.6 is 0 Å². The fourth-order valence-electron chi connectivity index (χ4n) is 6.23. The molecule has 1 heterocycles. The smallest absolute Gasteiger partial charge is 0.0954 e. The van der Waals surface area contributed by atoms with Crippen LogP contribution in [0.15, 0.2) is 0 Å². The van der Waals surface area contributed by atoms with Gasteiger partial charge < -0.3 is 4.74 Å². The monoisotopic (exact) mass is 220 g/mol. The molecule has 1 aliphatic heterocycles. The fourth-order valence-corrected chi connectivity index (χ4v) is 6.23. The van der Waals surface area contributed by atoms with Crippen molar-refractivity contribution >= 4 is 0 Å². The van der Waals surface area contributed by atoms with Crippen molar-refractivity contribution in [3.8, 4) is 0 Å². The van der Waals surface area contributed by atoms with Crippen molar-refractivity contribution in [2.24, 2.45) is 28.6 Å². The molecule has 1 saturated heterocycles. The van der Waals surface area contributed by atoms with E-state index in [0.717, 1.165) is 17.8 Å². The maximum atomic E-state index is 6.07. The van der Waals surface area contributed by atoms with Gasteiger partial charge in [-0.05, 0) is 61.2 Å². The van der Waals surface area contributed by atoms with Crippen LogP contribution in [0, 0.1) is 28.6 Å². The van der Waals surface area contributed by atoms with Gasteiger partial charge in [0.15, 0.2) is 0 Å². The van der Waals surface area contributed by atoms with Crippen LogP contribution in [-0.4, -0.2) is 11.7 Å². The van der Waals surface area contributed by atoms with Crippen molar-refractivity contribution in [3.05, 3.63) is 0 Å². The highest BCUT2D eigenvalue weighted by Gasteiger charge is 2.78. The predicted octanol–water partition coefficient (Wildman–Crippen LogP) is 3.63. The molecule has 90 valence electrons. The molecular weight excluding hydrogens is 196 g/mol. The van der Waals surface area contributed by atoms with E-state index in [4.69, 9.17) is 4.74 Å². The Labute approximate surface area is 98.9 Å². The van der Waals surface area contributed by atoms with Gasteiger partial charge in [0.2, 0.25) is 0 Å². The standard InChI is InChI=1S/C15H24O/c1-9(2)15-6-5-13(3)8-11(15)14(4)12(16-14)7-10(13)15/h9-12H,5-8H2,1-4H3/t10-,11-,12+,13-,14+,15-/m0/s1. The molecule has 16 heavy (non-hydrogen) atoms. The van der Waals surface area contributed by atoms with Crippen molar-refractivity contribution in [3.63, 3.8) is 0 Å². The van der Waals surface area contributed by atoms with E-state index in [-0.39, 0.29) is 5.60 Å². The quantitative estimate of drug-likeness (QED) is 0.615. The van der Waals surface area contributed by atoms with Crippen LogP contribution in [0.25, 0.3) is 0 Å². The summed E-state index contributed by atoms with van der Waals surface area (Å²) in [6, 6.07) is 0. The molecule has 1 nitrogen and oxygen atoms in total.